The highest BCUT2D eigenvalue weighted by Crippen LogP contribution is 2.40. The van der Waals surface area contributed by atoms with E-state index in [1.54, 1.807) is 6.07 Å². The summed E-state index contributed by atoms with van der Waals surface area (Å²) in [6.07, 6.45) is 0. The van der Waals surface area contributed by atoms with Crippen LogP contribution in [0.25, 0.3) is 93.6 Å². The molecule has 72 heavy (non-hydrogen) atoms. The van der Waals surface area contributed by atoms with Gasteiger partial charge in [0.2, 0.25) is 0 Å². The van der Waals surface area contributed by atoms with Crippen LogP contribution in [0.2, 0.25) is 0 Å². The Morgan fingerprint density at radius 1 is 0.319 bits per heavy atom. The summed E-state index contributed by atoms with van der Waals surface area (Å²) in [6, 6.07) is 89.2. The zero-order valence-corrected chi connectivity index (χ0v) is 39.9. The van der Waals surface area contributed by atoms with Crippen LogP contribution in [0.4, 0.5) is 11.4 Å². The fourth-order valence-electron chi connectivity index (χ4n) is 10.3. The Balaban J connectivity index is 1.14. The number of hydrogen-bond donors (Lipinski definition) is 0. The monoisotopic (exact) mass is 934 g/mol. The molecule has 0 radical (unpaired) electrons. The van der Waals surface area contributed by atoms with E-state index in [-0.39, 0.29) is 0 Å². The maximum Gasteiger partial charge on any atom is 0.179 e. The Morgan fingerprint density at radius 3 is 1.33 bits per heavy atom. The minimum atomic E-state index is -2.86. The predicted molar refractivity (Wildman–Crippen MR) is 297 cm³/mol. The van der Waals surface area contributed by atoms with E-state index >= 15 is 0 Å². The molecule has 0 fully saturated rings. The second kappa shape index (κ2) is 18.6. The van der Waals surface area contributed by atoms with E-state index in [1.165, 1.54) is 20.7 Å². The molecule has 0 amide bonds. The molecule has 0 saturated heterocycles. The molecule has 10 aromatic carbocycles. The van der Waals surface area contributed by atoms with E-state index in [1.807, 2.05) is 72.8 Å². The Hall–Kier alpha value is -9.79. The molecule has 0 unspecified atom stereocenters. The molecule has 336 valence electrons. The molecule has 2 heterocycles. The summed E-state index contributed by atoms with van der Waals surface area (Å²) in [6.45, 7) is 15.6. The molecule has 0 saturated carbocycles. The number of nitrogens with zero attached hydrogens (tertiary/aromatic N) is 6. The first-order valence-electron chi connectivity index (χ1n) is 23.8. The van der Waals surface area contributed by atoms with Crippen molar-refractivity contribution in [1.29, 1.82) is 0 Å². The van der Waals surface area contributed by atoms with Crippen molar-refractivity contribution >= 4 is 62.0 Å². The van der Waals surface area contributed by atoms with Crippen molar-refractivity contribution in [2.75, 3.05) is 0 Å². The molecule has 7 heteroatoms. The van der Waals surface area contributed by atoms with Crippen LogP contribution in [0, 0.1) is 13.1 Å². The van der Waals surface area contributed by atoms with Crippen LogP contribution in [0.3, 0.4) is 0 Å². The minimum Gasteiger partial charge on any atom is -0.308 e. The maximum atomic E-state index is 7.81. The third-order valence-corrected chi connectivity index (χ3v) is 18.4. The lowest BCUT2D eigenvalue weighted by atomic mass is 10.0. The largest absolute Gasteiger partial charge is 0.308 e. The molecule has 2 aromatic heterocycles. The molecular weight excluding hydrogens is 893 g/mol. The lowest BCUT2D eigenvalue weighted by Gasteiger charge is -2.34. The maximum absolute atomic E-state index is 7.81. The third kappa shape index (κ3) is 7.73. The number of fused-ring (bicyclic) bond motifs is 3. The van der Waals surface area contributed by atoms with Crippen LogP contribution in [-0.4, -0.2) is 27.6 Å². The summed E-state index contributed by atoms with van der Waals surface area (Å²) in [5.74, 6) is 1.68. The van der Waals surface area contributed by atoms with Crippen molar-refractivity contribution in [3.05, 3.63) is 278 Å². The summed E-state index contributed by atoms with van der Waals surface area (Å²) in [5, 5.41) is 7.34. The summed E-state index contributed by atoms with van der Waals surface area (Å²) in [4.78, 5) is 23.2. The fourth-order valence-corrected chi connectivity index (χ4v) is 15.1. The van der Waals surface area contributed by atoms with Gasteiger partial charge in [0, 0.05) is 27.5 Å². The summed E-state index contributed by atoms with van der Waals surface area (Å²) in [5.41, 5.74) is 10.1. The molecule has 0 aliphatic heterocycles. The second-order valence-corrected chi connectivity index (χ2v) is 21.6. The van der Waals surface area contributed by atoms with Gasteiger partial charge in [0.05, 0.1) is 29.9 Å². The van der Waals surface area contributed by atoms with Gasteiger partial charge in [0.25, 0.3) is 0 Å². The fraction of sp³-hybridized carbons (Fsp3) is 0. The van der Waals surface area contributed by atoms with Crippen molar-refractivity contribution < 1.29 is 0 Å². The van der Waals surface area contributed by atoms with Crippen molar-refractivity contribution in [2.24, 2.45) is 0 Å². The molecule has 0 N–H and O–H groups in total. The predicted octanol–water partition coefficient (Wildman–Crippen LogP) is 13.8. The second-order valence-electron chi connectivity index (χ2n) is 17.7. The van der Waals surface area contributed by atoms with Gasteiger partial charge in [0.15, 0.2) is 36.9 Å². The first-order valence-corrected chi connectivity index (χ1v) is 25.8. The molecule has 0 spiro atoms. The summed E-state index contributed by atoms with van der Waals surface area (Å²) < 4.78 is 2.31. The molecule has 0 aliphatic rings. The number of aromatic nitrogens is 4. The van der Waals surface area contributed by atoms with Crippen molar-refractivity contribution in [3.63, 3.8) is 0 Å². The van der Waals surface area contributed by atoms with Crippen molar-refractivity contribution in [2.45, 2.75) is 0 Å². The zero-order chi connectivity index (χ0) is 48.4. The highest BCUT2D eigenvalue weighted by Gasteiger charge is 2.41. The number of para-hydroxylation sites is 1. The molecule has 0 aliphatic carbocycles. The Morgan fingerprint density at radius 2 is 0.764 bits per heavy atom. The van der Waals surface area contributed by atoms with Crippen LogP contribution >= 0.6 is 0 Å². The standard InChI is InChI=1S/C65H42N6Si/c1-66-51-39-50(40-52(44-51)67-2)49-35-37-58-57-33-18-19-34-60(57)71(62(58)43-49)61-38-36-48(42-59(61)65-69-63(45-21-8-3-9-22-45)68-64(70-65)46-23-10-4-11-24-46)47-25-20-32-56(41-47)72(53-26-12-5-13-27-53,54-28-14-6-15-29-54)55-30-16-7-17-31-55/h3-44H. The molecule has 12 rings (SSSR count). The first-order chi connectivity index (χ1) is 35.6. The van der Waals surface area contributed by atoms with Crippen molar-refractivity contribution in [1.82, 2.24) is 19.5 Å². The van der Waals surface area contributed by atoms with E-state index in [4.69, 9.17) is 28.1 Å². The van der Waals surface area contributed by atoms with Gasteiger partial charge in [-0.25, -0.2) is 24.6 Å². The Bertz CT molecular complexity index is 3860. The van der Waals surface area contributed by atoms with Gasteiger partial charge in [0.1, 0.15) is 0 Å². The minimum absolute atomic E-state index is 0.426. The quantitative estimate of drug-likeness (QED) is 0.0780. The lowest BCUT2D eigenvalue weighted by Crippen LogP contribution is -2.74. The molecule has 0 bridgehead atoms. The average Bonchev–Trinajstić information content (AvgIpc) is 3.79. The lowest BCUT2D eigenvalue weighted by molar-refractivity contribution is 1.06. The van der Waals surface area contributed by atoms with E-state index in [0.717, 1.165) is 66.4 Å². The van der Waals surface area contributed by atoms with E-state index in [9.17, 15) is 0 Å². The van der Waals surface area contributed by atoms with Crippen molar-refractivity contribution in [3.8, 4) is 62.1 Å². The van der Waals surface area contributed by atoms with Crippen LogP contribution in [0.1, 0.15) is 0 Å². The van der Waals surface area contributed by atoms with Crippen LogP contribution in [0.5, 0.6) is 0 Å². The highest BCUT2D eigenvalue weighted by atomic mass is 28.3. The smallest absolute Gasteiger partial charge is 0.179 e. The van der Waals surface area contributed by atoms with Gasteiger partial charge in [-0.3, -0.25) is 0 Å². The van der Waals surface area contributed by atoms with E-state index < -0.39 is 8.07 Å². The molecule has 12 aromatic rings. The van der Waals surface area contributed by atoms with Crippen LogP contribution in [0.15, 0.2) is 255 Å². The normalized spacial score (nSPS) is 11.3. The summed E-state index contributed by atoms with van der Waals surface area (Å²) >= 11 is 0. The first kappa shape index (κ1) is 43.5. The van der Waals surface area contributed by atoms with Crippen LogP contribution in [-0.2, 0) is 0 Å². The van der Waals surface area contributed by atoms with E-state index in [2.05, 4.69) is 190 Å². The third-order valence-electron chi connectivity index (χ3n) is 13.6. The topological polar surface area (TPSA) is 52.3 Å². The summed E-state index contributed by atoms with van der Waals surface area (Å²) in [7, 11) is -2.86. The molecular formula is C65H42N6Si. The number of hydrogen-bond acceptors (Lipinski definition) is 3. The van der Waals surface area contributed by atoms with Gasteiger partial charge in [-0.15, -0.1) is 0 Å². The van der Waals surface area contributed by atoms with Gasteiger partial charge < -0.3 is 4.57 Å². The average molecular weight is 935 g/mol. The molecule has 6 nitrogen and oxygen atoms in total. The highest BCUT2D eigenvalue weighted by molar-refractivity contribution is 7.19. The van der Waals surface area contributed by atoms with Gasteiger partial charge in [-0.2, -0.15) is 0 Å². The number of rotatable bonds is 10. The number of benzene rings is 10. The Kier molecular flexibility index (Phi) is 11.2. The molecule has 0 atom stereocenters. The van der Waals surface area contributed by atoms with Gasteiger partial charge >= 0.3 is 0 Å². The SMILES string of the molecule is [C-]#[N+]c1cc([N+]#[C-])cc(-c2ccc3c4ccccc4n(-c4ccc(-c5cccc([Si](c6ccccc6)(c6ccccc6)c6ccccc6)c5)cc4-c4nc(-c5ccccc5)nc(-c5ccccc5)n4)c3c2)c1. The van der Waals surface area contributed by atoms with Crippen LogP contribution < -0.4 is 20.7 Å². The van der Waals surface area contributed by atoms with Gasteiger partial charge in [-0.1, -0.05) is 231 Å². The zero-order valence-electron chi connectivity index (χ0n) is 38.9. The Labute approximate surface area is 419 Å². The van der Waals surface area contributed by atoms with Gasteiger partial charge in [-0.05, 0) is 67.3 Å². The van der Waals surface area contributed by atoms with E-state index in [0.29, 0.717) is 28.8 Å².